The quantitative estimate of drug-likeness (QED) is 0.728. The van der Waals surface area contributed by atoms with Gasteiger partial charge in [-0.3, -0.25) is 0 Å². The zero-order valence-corrected chi connectivity index (χ0v) is 10.5. The molecular formula is C10H20N2S2. The Morgan fingerprint density at radius 1 is 1.29 bits per heavy atom. The van der Waals surface area contributed by atoms with E-state index in [2.05, 4.69) is 17.1 Å². The second-order valence-corrected chi connectivity index (χ2v) is 6.97. The van der Waals surface area contributed by atoms with Gasteiger partial charge >= 0.3 is 0 Å². The van der Waals surface area contributed by atoms with Gasteiger partial charge in [-0.15, -0.1) is 0 Å². The summed E-state index contributed by atoms with van der Waals surface area (Å²) in [6.45, 7) is 7.43. The molecule has 0 amide bonds. The fourth-order valence-corrected chi connectivity index (χ4v) is 4.22. The first kappa shape index (κ1) is 11.1. The summed E-state index contributed by atoms with van der Waals surface area (Å²) in [6.07, 6.45) is 1.36. The van der Waals surface area contributed by atoms with Crippen molar-refractivity contribution in [1.82, 2.24) is 10.2 Å². The first-order valence-electron chi connectivity index (χ1n) is 5.56. The minimum Gasteiger partial charge on any atom is -0.312 e. The smallest absolute Gasteiger partial charge is 0.0221 e. The standard InChI is InChI=1S/C10H20N2S2/c1-9-2-3-11-10(9)8-12-4-6-13-14-7-5-12/h9-11H,2-8H2,1H3. The molecule has 2 nitrogen and oxygen atoms in total. The van der Waals surface area contributed by atoms with Gasteiger partial charge < -0.3 is 10.2 Å². The Balaban J connectivity index is 1.77. The van der Waals surface area contributed by atoms with Gasteiger partial charge in [-0.05, 0) is 18.9 Å². The topological polar surface area (TPSA) is 15.3 Å². The van der Waals surface area contributed by atoms with Crippen LogP contribution in [0.2, 0.25) is 0 Å². The maximum Gasteiger partial charge on any atom is 0.0221 e. The van der Waals surface area contributed by atoms with Gasteiger partial charge in [0.25, 0.3) is 0 Å². The van der Waals surface area contributed by atoms with E-state index in [9.17, 15) is 0 Å². The van der Waals surface area contributed by atoms with E-state index in [1.165, 1.54) is 44.1 Å². The number of hydrogen-bond donors (Lipinski definition) is 1. The highest BCUT2D eigenvalue weighted by atomic mass is 33.1. The predicted octanol–water partition coefficient (Wildman–Crippen LogP) is 1.68. The van der Waals surface area contributed by atoms with E-state index in [1.807, 2.05) is 21.6 Å². The van der Waals surface area contributed by atoms with Crippen LogP contribution < -0.4 is 5.32 Å². The summed E-state index contributed by atoms with van der Waals surface area (Å²) in [7, 11) is 4.07. The molecule has 0 aromatic heterocycles. The van der Waals surface area contributed by atoms with Crippen molar-refractivity contribution >= 4 is 21.6 Å². The minimum absolute atomic E-state index is 0.753. The molecular weight excluding hydrogens is 212 g/mol. The van der Waals surface area contributed by atoms with Crippen LogP contribution in [0.5, 0.6) is 0 Å². The van der Waals surface area contributed by atoms with Crippen LogP contribution >= 0.6 is 21.6 Å². The molecule has 0 saturated carbocycles. The maximum absolute atomic E-state index is 3.62. The molecule has 0 bridgehead atoms. The van der Waals surface area contributed by atoms with E-state index in [4.69, 9.17) is 0 Å². The molecule has 0 spiro atoms. The average molecular weight is 232 g/mol. The Labute approximate surface area is 95.0 Å². The van der Waals surface area contributed by atoms with Crippen molar-refractivity contribution in [3.05, 3.63) is 0 Å². The molecule has 1 N–H and O–H groups in total. The van der Waals surface area contributed by atoms with Crippen molar-refractivity contribution in [3.8, 4) is 0 Å². The highest BCUT2D eigenvalue weighted by Crippen LogP contribution is 2.24. The van der Waals surface area contributed by atoms with Gasteiger partial charge in [-0.25, -0.2) is 0 Å². The lowest BCUT2D eigenvalue weighted by molar-refractivity contribution is 0.260. The van der Waals surface area contributed by atoms with E-state index in [0.29, 0.717) is 0 Å². The largest absolute Gasteiger partial charge is 0.312 e. The van der Waals surface area contributed by atoms with Gasteiger partial charge in [0.2, 0.25) is 0 Å². The maximum atomic E-state index is 3.62. The van der Waals surface area contributed by atoms with Crippen molar-refractivity contribution in [1.29, 1.82) is 0 Å². The van der Waals surface area contributed by atoms with Crippen molar-refractivity contribution in [2.75, 3.05) is 37.7 Å². The first-order chi connectivity index (χ1) is 6.86. The lowest BCUT2D eigenvalue weighted by Crippen LogP contribution is -2.41. The lowest BCUT2D eigenvalue weighted by Gasteiger charge is -2.25. The van der Waals surface area contributed by atoms with Gasteiger partial charge in [0.05, 0.1) is 0 Å². The van der Waals surface area contributed by atoms with Crippen molar-refractivity contribution in [3.63, 3.8) is 0 Å². The molecule has 14 heavy (non-hydrogen) atoms. The van der Waals surface area contributed by atoms with E-state index in [0.717, 1.165) is 12.0 Å². The Bertz CT molecular complexity index is 170. The van der Waals surface area contributed by atoms with Crippen LogP contribution in [0.25, 0.3) is 0 Å². The first-order valence-corrected chi connectivity index (χ1v) is 8.05. The van der Waals surface area contributed by atoms with E-state index in [-0.39, 0.29) is 0 Å². The van der Waals surface area contributed by atoms with Crippen LogP contribution in [-0.4, -0.2) is 48.6 Å². The third-order valence-corrected chi connectivity index (χ3v) is 5.58. The molecule has 2 heterocycles. The summed E-state index contributed by atoms with van der Waals surface area (Å²) >= 11 is 0. The molecule has 2 aliphatic heterocycles. The summed E-state index contributed by atoms with van der Waals surface area (Å²) in [5.74, 6) is 3.47. The molecule has 4 heteroatoms. The summed E-state index contributed by atoms with van der Waals surface area (Å²) < 4.78 is 0. The van der Waals surface area contributed by atoms with Crippen LogP contribution in [0.3, 0.4) is 0 Å². The molecule has 2 fully saturated rings. The summed E-state index contributed by atoms with van der Waals surface area (Å²) in [6, 6.07) is 0.753. The van der Waals surface area contributed by atoms with Gasteiger partial charge in [0.1, 0.15) is 0 Å². The Kier molecular flexibility index (Phi) is 4.47. The van der Waals surface area contributed by atoms with Gasteiger partial charge in [-0.1, -0.05) is 28.5 Å². The average Bonchev–Trinajstić information content (AvgIpc) is 2.44. The molecule has 2 aliphatic rings. The summed E-state index contributed by atoms with van der Waals surface area (Å²) in [5.41, 5.74) is 0. The molecule has 82 valence electrons. The normalized spacial score (nSPS) is 35.8. The Morgan fingerprint density at radius 3 is 2.57 bits per heavy atom. The van der Waals surface area contributed by atoms with Gasteiger partial charge in [0, 0.05) is 37.2 Å². The number of hydrogen-bond acceptors (Lipinski definition) is 4. The van der Waals surface area contributed by atoms with Crippen LogP contribution in [0.4, 0.5) is 0 Å². The minimum atomic E-state index is 0.753. The number of rotatable bonds is 2. The second-order valence-electron chi connectivity index (χ2n) is 4.27. The predicted molar refractivity (Wildman–Crippen MR) is 66.9 cm³/mol. The third kappa shape index (κ3) is 3.05. The zero-order valence-electron chi connectivity index (χ0n) is 8.87. The van der Waals surface area contributed by atoms with Crippen LogP contribution in [0.1, 0.15) is 13.3 Å². The third-order valence-electron chi connectivity index (χ3n) is 3.21. The SMILES string of the molecule is CC1CCNC1CN1CCSSCC1. The Hall–Kier alpha value is 0.620. The fraction of sp³-hybridized carbons (Fsp3) is 1.00. The molecule has 2 unspecified atom stereocenters. The molecule has 2 rings (SSSR count). The van der Waals surface area contributed by atoms with E-state index in [1.54, 1.807) is 0 Å². The van der Waals surface area contributed by atoms with E-state index >= 15 is 0 Å². The summed E-state index contributed by atoms with van der Waals surface area (Å²) in [4.78, 5) is 2.63. The van der Waals surface area contributed by atoms with Gasteiger partial charge in [-0.2, -0.15) is 0 Å². The van der Waals surface area contributed by atoms with Crippen LogP contribution in [-0.2, 0) is 0 Å². The molecule has 0 aromatic carbocycles. The molecule has 0 aliphatic carbocycles. The molecule has 0 aromatic rings. The molecule has 0 radical (unpaired) electrons. The van der Waals surface area contributed by atoms with Crippen LogP contribution in [0, 0.1) is 5.92 Å². The van der Waals surface area contributed by atoms with Crippen LogP contribution in [0.15, 0.2) is 0 Å². The van der Waals surface area contributed by atoms with Crippen molar-refractivity contribution in [2.24, 2.45) is 5.92 Å². The van der Waals surface area contributed by atoms with Crippen molar-refractivity contribution in [2.45, 2.75) is 19.4 Å². The van der Waals surface area contributed by atoms with Crippen molar-refractivity contribution < 1.29 is 0 Å². The van der Waals surface area contributed by atoms with E-state index < -0.39 is 0 Å². The molecule has 2 atom stereocenters. The Morgan fingerprint density at radius 2 is 2.00 bits per heavy atom. The highest BCUT2D eigenvalue weighted by Gasteiger charge is 2.24. The lowest BCUT2D eigenvalue weighted by atomic mass is 10.0. The zero-order chi connectivity index (χ0) is 9.80. The number of nitrogens with zero attached hydrogens (tertiary/aromatic N) is 1. The summed E-state index contributed by atoms with van der Waals surface area (Å²) in [5, 5.41) is 3.62. The monoisotopic (exact) mass is 232 g/mol. The number of nitrogens with one attached hydrogen (secondary N) is 1. The second kappa shape index (κ2) is 5.64. The highest BCUT2D eigenvalue weighted by molar-refractivity contribution is 8.76. The fourth-order valence-electron chi connectivity index (χ4n) is 2.17. The molecule has 2 saturated heterocycles. The van der Waals surface area contributed by atoms with Gasteiger partial charge in [0.15, 0.2) is 0 Å².